The van der Waals surface area contributed by atoms with Crippen LogP contribution in [0.4, 0.5) is 5.69 Å². The number of aromatic carboxylic acids is 1. The molecule has 0 atom stereocenters. The molecule has 0 heterocycles. The predicted molar refractivity (Wildman–Crippen MR) is 120 cm³/mol. The molecular formula is C26H25NO3. The highest BCUT2D eigenvalue weighted by molar-refractivity contribution is 5.93. The maximum Gasteiger partial charge on any atom is 0.339 e. The first-order chi connectivity index (χ1) is 14.5. The number of benzene rings is 3. The van der Waals surface area contributed by atoms with Crippen LogP contribution in [0, 0.1) is 11.8 Å². The van der Waals surface area contributed by atoms with Crippen LogP contribution in [0.25, 0.3) is 0 Å². The topological polar surface area (TPSA) is 83.5 Å². The van der Waals surface area contributed by atoms with Gasteiger partial charge in [0.15, 0.2) is 5.75 Å². The second-order valence-corrected chi connectivity index (χ2v) is 7.26. The Bertz CT molecular complexity index is 1090. The van der Waals surface area contributed by atoms with Gasteiger partial charge in [-0.1, -0.05) is 55.5 Å². The van der Waals surface area contributed by atoms with Crippen LogP contribution in [-0.4, -0.2) is 16.2 Å². The zero-order valence-electron chi connectivity index (χ0n) is 17.0. The number of anilines is 1. The molecule has 4 N–H and O–H groups in total. The molecule has 0 aromatic heterocycles. The second kappa shape index (κ2) is 9.67. The SMILES string of the molecule is CCCCc1ccc(C#Cc2ccc(Cc3ccc(C(=O)O)c(O)c3N)cc2)cc1. The molecule has 152 valence electrons. The fraction of sp³-hybridized carbons (Fsp3) is 0.192. The molecular weight excluding hydrogens is 374 g/mol. The number of unbranched alkanes of at least 4 members (excludes halogenated alkanes) is 1. The molecule has 0 fully saturated rings. The van der Waals surface area contributed by atoms with E-state index in [4.69, 9.17) is 10.8 Å². The van der Waals surface area contributed by atoms with Crippen LogP contribution in [-0.2, 0) is 12.8 Å². The van der Waals surface area contributed by atoms with Gasteiger partial charge < -0.3 is 15.9 Å². The van der Waals surface area contributed by atoms with Crippen LogP contribution in [0.5, 0.6) is 5.75 Å². The zero-order chi connectivity index (χ0) is 21.5. The molecule has 0 radical (unpaired) electrons. The van der Waals surface area contributed by atoms with E-state index in [0.29, 0.717) is 12.0 Å². The lowest BCUT2D eigenvalue weighted by Crippen LogP contribution is -2.03. The Labute approximate surface area is 177 Å². The van der Waals surface area contributed by atoms with E-state index in [0.717, 1.165) is 23.1 Å². The number of carboxylic acids is 1. The average molecular weight is 399 g/mol. The van der Waals surface area contributed by atoms with Gasteiger partial charge in [0.05, 0.1) is 5.69 Å². The van der Waals surface area contributed by atoms with E-state index in [1.807, 2.05) is 24.3 Å². The van der Waals surface area contributed by atoms with Crippen molar-refractivity contribution in [1.29, 1.82) is 0 Å². The monoisotopic (exact) mass is 399 g/mol. The summed E-state index contributed by atoms with van der Waals surface area (Å²) in [5.41, 5.74) is 10.7. The molecule has 0 saturated heterocycles. The lowest BCUT2D eigenvalue weighted by atomic mass is 9.99. The number of hydrogen-bond acceptors (Lipinski definition) is 3. The van der Waals surface area contributed by atoms with Crippen molar-refractivity contribution in [1.82, 2.24) is 0 Å². The standard InChI is InChI=1S/C26H25NO3/c1-2-3-4-18-5-7-19(8-6-18)9-10-20-11-13-21(14-12-20)17-22-15-16-23(26(29)30)25(28)24(22)27/h5-8,11-16,28H,2-4,17,27H2,1H3,(H,29,30). The fourth-order valence-electron chi connectivity index (χ4n) is 3.18. The average Bonchev–Trinajstić information content (AvgIpc) is 2.75. The van der Waals surface area contributed by atoms with Gasteiger partial charge in [0.2, 0.25) is 0 Å². The predicted octanol–water partition coefficient (Wildman–Crippen LogP) is 5.01. The van der Waals surface area contributed by atoms with Gasteiger partial charge in [-0.25, -0.2) is 4.79 Å². The van der Waals surface area contributed by atoms with E-state index in [2.05, 4.69) is 43.0 Å². The molecule has 0 amide bonds. The van der Waals surface area contributed by atoms with Crippen LogP contribution in [0.1, 0.15) is 57.9 Å². The van der Waals surface area contributed by atoms with Gasteiger partial charge in [0, 0.05) is 11.1 Å². The molecule has 30 heavy (non-hydrogen) atoms. The smallest absolute Gasteiger partial charge is 0.339 e. The van der Waals surface area contributed by atoms with Crippen LogP contribution in [0.2, 0.25) is 0 Å². The number of hydrogen-bond donors (Lipinski definition) is 3. The minimum atomic E-state index is -1.20. The summed E-state index contributed by atoms with van der Waals surface area (Å²) in [6.07, 6.45) is 3.99. The van der Waals surface area contributed by atoms with Crippen LogP contribution >= 0.6 is 0 Å². The van der Waals surface area contributed by atoms with Gasteiger partial charge in [-0.15, -0.1) is 0 Å². The van der Waals surface area contributed by atoms with Crippen molar-refractivity contribution in [2.75, 3.05) is 5.73 Å². The van der Waals surface area contributed by atoms with E-state index >= 15 is 0 Å². The van der Waals surface area contributed by atoms with Crippen molar-refractivity contribution in [2.45, 2.75) is 32.6 Å². The Kier molecular flexibility index (Phi) is 6.77. The number of carboxylic acid groups (broad SMARTS) is 1. The molecule has 3 aromatic rings. The summed E-state index contributed by atoms with van der Waals surface area (Å²) in [5.74, 6) is 4.77. The normalized spacial score (nSPS) is 10.3. The highest BCUT2D eigenvalue weighted by Crippen LogP contribution is 2.30. The Balaban J connectivity index is 1.68. The third-order valence-electron chi connectivity index (χ3n) is 5.01. The lowest BCUT2D eigenvalue weighted by molar-refractivity contribution is 0.0694. The number of phenols is 1. The number of carbonyl (C=O) groups is 1. The molecule has 0 saturated carbocycles. The molecule has 0 unspecified atom stereocenters. The number of aromatic hydroxyl groups is 1. The molecule has 0 aliphatic carbocycles. The van der Waals surface area contributed by atoms with Crippen molar-refractivity contribution < 1.29 is 15.0 Å². The summed E-state index contributed by atoms with van der Waals surface area (Å²) in [4.78, 5) is 11.1. The van der Waals surface area contributed by atoms with Gasteiger partial charge in [-0.05, 0) is 66.3 Å². The highest BCUT2D eigenvalue weighted by Gasteiger charge is 2.15. The van der Waals surface area contributed by atoms with Gasteiger partial charge in [-0.2, -0.15) is 0 Å². The van der Waals surface area contributed by atoms with Crippen LogP contribution < -0.4 is 5.73 Å². The van der Waals surface area contributed by atoms with Crippen molar-refractivity contribution in [3.63, 3.8) is 0 Å². The lowest BCUT2D eigenvalue weighted by Gasteiger charge is -2.10. The minimum absolute atomic E-state index is 0.0983. The number of nitrogens with two attached hydrogens (primary N) is 1. The van der Waals surface area contributed by atoms with E-state index in [1.54, 1.807) is 6.07 Å². The summed E-state index contributed by atoms with van der Waals surface area (Å²) in [7, 11) is 0. The summed E-state index contributed by atoms with van der Waals surface area (Å²) in [6, 6.07) is 19.2. The van der Waals surface area contributed by atoms with Crippen molar-refractivity contribution in [2.24, 2.45) is 0 Å². The van der Waals surface area contributed by atoms with Crippen molar-refractivity contribution in [3.05, 3.63) is 94.0 Å². The van der Waals surface area contributed by atoms with E-state index in [1.165, 1.54) is 24.5 Å². The van der Waals surface area contributed by atoms with Crippen molar-refractivity contribution in [3.8, 4) is 17.6 Å². The number of aryl methyl sites for hydroxylation is 1. The number of rotatable bonds is 6. The van der Waals surface area contributed by atoms with E-state index in [9.17, 15) is 9.90 Å². The first kappa shape index (κ1) is 21.0. The summed E-state index contributed by atoms with van der Waals surface area (Å²) in [5, 5.41) is 19.0. The van der Waals surface area contributed by atoms with Crippen LogP contribution in [0.15, 0.2) is 60.7 Å². The van der Waals surface area contributed by atoms with Crippen LogP contribution in [0.3, 0.4) is 0 Å². The molecule has 0 aliphatic rings. The second-order valence-electron chi connectivity index (χ2n) is 7.26. The Morgan fingerprint density at radius 1 is 0.900 bits per heavy atom. The van der Waals surface area contributed by atoms with E-state index in [-0.39, 0.29) is 17.0 Å². The molecule has 4 heteroatoms. The molecule has 0 aliphatic heterocycles. The van der Waals surface area contributed by atoms with Gasteiger partial charge in [0.1, 0.15) is 5.56 Å². The maximum atomic E-state index is 11.1. The summed E-state index contributed by atoms with van der Waals surface area (Å²) < 4.78 is 0. The quantitative estimate of drug-likeness (QED) is 0.309. The molecule has 4 nitrogen and oxygen atoms in total. The molecule has 0 spiro atoms. The third kappa shape index (κ3) is 5.21. The largest absolute Gasteiger partial charge is 0.505 e. The Hall–Kier alpha value is -3.71. The first-order valence-electron chi connectivity index (χ1n) is 10.0. The zero-order valence-corrected chi connectivity index (χ0v) is 17.0. The van der Waals surface area contributed by atoms with E-state index < -0.39 is 5.97 Å². The van der Waals surface area contributed by atoms with Gasteiger partial charge in [0.25, 0.3) is 0 Å². The Morgan fingerprint density at radius 2 is 1.47 bits per heavy atom. The van der Waals surface area contributed by atoms with Crippen molar-refractivity contribution >= 4 is 11.7 Å². The summed E-state index contributed by atoms with van der Waals surface area (Å²) >= 11 is 0. The molecule has 0 bridgehead atoms. The maximum absolute atomic E-state index is 11.1. The highest BCUT2D eigenvalue weighted by atomic mass is 16.4. The fourth-order valence-corrected chi connectivity index (χ4v) is 3.18. The van der Waals surface area contributed by atoms with Gasteiger partial charge in [-0.3, -0.25) is 0 Å². The first-order valence-corrected chi connectivity index (χ1v) is 10.0. The minimum Gasteiger partial charge on any atom is -0.505 e. The summed E-state index contributed by atoms with van der Waals surface area (Å²) in [6.45, 7) is 2.19. The third-order valence-corrected chi connectivity index (χ3v) is 5.01. The Morgan fingerprint density at radius 3 is 2.00 bits per heavy atom. The van der Waals surface area contributed by atoms with Gasteiger partial charge >= 0.3 is 5.97 Å². The number of nitrogen functional groups attached to an aromatic ring is 1. The molecule has 3 rings (SSSR count). The molecule has 3 aromatic carbocycles.